The quantitative estimate of drug-likeness (QED) is 0.533. The van der Waals surface area contributed by atoms with Crippen molar-refractivity contribution in [1.29, 1.82) is 0 Å². The number of aliphatic hydroxyl groups is 1. The maximum absolute atomic E-state index is 10.1. The fraction of sp³-hybridized carbons (Fsp3) is 0.833. The van der Waals surface area contributed by atoms with E-state index in [1.165, 1.54) is 14.2 Å². The lowest BCUT2D eigenvalue weighted by Gasteiger charge is -2.14. The molecular weight excluding hydrogens is 152 g/mol. The van der Waals surface area contributed by atoms with E-state index in [0.717, 1.165) is 0 Å². The Balaban J connectivity index is 3.71. The summed E-state index contributed by atoms with van der Waals surface area (Å²) in [4.78, 5) is 10.1. The summed E-state index contributed by atoms with van der Waals surface area (Å²) >= 11 is 0. The highest BCUT2D eigenvalue weighted by Gasteiger charge is 2.18. The van der Waals surface area contributed by atoms with Crippen molar-refractivity contribution in [2.75, 3.05) is 14.2 Å². The van der Waals surface area contributed by atoms with Gasteiger partial charge >= 0.3 is 5.97 Å². The monoisotopic (exact) mass is 164 g/mol. The van der Waals surface area contributed by atoms with Gasteiger partial charge in [-0.1, -0.05) is 0 Å². The molecule has 1 atom stereocenters. The first-order valence-electron chi connectivity index (χ1n) is 3.08. The van der Waals surface area contributed by atoms with Gasteiger partial charge in [-0.2, -0.15) is 0 Å². The van der Waals surface area contributed by atoms with Crippen LogP contribution in [0.3, 0.4) is 0 Å². The molecule has 0 saturated heterocycles. The van der Waals surface area contributed by atoms with E-state index in [1.54, 1.807) is 0 Å². The number of carboxylic acids is 1. The maximum atomic E-state index is 10.1. The van der Waals surface area contributed by atoms with Crippen LogP contribution >= 0.6 is 0 Å². The molecule has 0 aliphatic rings. The van der Waals surface area contributed by atoms with Gasteiger partial charge in [0.15, 0.2) is 12.4 Å². The van der Waals surface area contributed by atoms with E-state index >= 15 is 0 Å². The van der Waals surface area contributed by atoms with E-state index in [0.29, 0.717) is 0 Å². The van der Waals surface area contributed by atoms with E-state index in [-0.39, 0.29) is 6.42 Å². The summed E-state index contributed by atoms with van der Waals surface area (Å²) in [6, 6.07) is 0. The number of methoxy groups -OCH3 is 2. The van der Waals surface area contributed by atoms with E-state index in [2.05, 4.69) is 9.47 Å². The fourth-order valence-corrected chi connectivity index (χ4v) is 0.572. The fourth-order valence-electron chi connectivity index (χ4n) is 0.572. The van der Waals surface area contributed by atoms with Crippen molar-refractivity contribution in [3.05, 3.63) is 0 Å². The number of carbonyl (C=O) groups is 1. The lowest BCUT2D eigenvalue weighted by molar-refractivity contribution is -0.158. The zero-order valence-corrected chi connectivity index (χ0v) is 6.48. The summed E-state index contributed by atoms with van der Waals surface area (Å²) in [5, 5.41) is 17.1. The molecule has 11 heavy (non-hydrogen) atoms. The van der Waals surface area contributed by atoms with E-state index in [1.807, 2.05) is 0 Å². The highest BCUT2D eigenvalue weighted by Crippen LogP contribution is 2.02. The standard InChI is InChI=1S/C6H12O5/c1-10-5(11-2)3-4(7)6(8)9/h4-5,7H,3H2,1-2H3,(H,8,9). The second-order valence-corrected chi connectivity index (χ2v) is 1.99. The van der Waals surface area contributed by atoms with Gasteiger partial charge in [0.25, 0.3) is 0 Å². The topological polar surface area (TPSA) is 76.0 Å². The highest BCUT2D eigenvalue weighted by atomic mass is 16.7. The van der Waals surface area contributed by atoms with Crippen LogP contribution in [0.5, 0.6) is 0 Å². The number of hydrogen-bond donors (Lipinski definition) is 2. The van der Waals surface area contributed by atoms with Crippen LogP contribution in [0.4, 0.5) is 0 Å². The van der Waals surface area contributed by atoms with E-state index in [9.17, 15) is 4.79 Å². The molecule has 0 aromatic carbocycles. The molecule has 5 nitrogen and oxygen atoms in total. The first-order valence-corrected chi connectivity index (χ1v) is 3.08. The number of aliphatic hydroxyl groups excluding tert-OH is 1. The van der Waals surface area contributed by atoms with Crippen molar-refractivity contribution in [3.63, 3.8) is 0 Å². The summed E-state index contributed by atoms with van der Waals surface area (Å²) in [6.45, 7) is 0. The maximum Gasteiger partial charge on any atom is 0.332 e. The minimum atomic E-state index is -1.43. The molecule has 0 bridgehead atoms. The minimum Gasteiger partial charge on any atom is -0.479 e. The average molecular weight is 164 g/mol. The van der Waals surface area contributed by atoms with Gasteiger partial charge in [-0.05, 0) is 0 Å². The smallest absolute Gasteiger partial charge is 0.332 e. The molecule has 5 heteroatoms. The van der Waals surface area contributed by atoms with Crippen molar-refractivity contribution < 1.29 is 24.5 Å². The van der Waals surface area contributed by atoms with Crippen LogP contribution < -0.4 is 0 Å². The van der Waals surface area contributed by atoms with Gasteiger partial charge < -0.3 is 19.7 Å². The predicted octanol–water partition coefficient (Wildman–Crippen LogP) is -0.559. The number of hydrogen-bond acceptors (Lipinski definition) is 4. The number of rotatable bonds is 5. The van der Waals surface area contributed by atoms with Gasteiger partial charge in [-0.3, -0.25) is 0 Å². The first kappa shape index (κ1) is 10.3. The molecule has 0 radical (unpaired) electrons. The van der Waals surface area contributed by atoms with Gasteiger partial charge in [0.2, 0.25) is 0 Å². The van der Waals surface area contributed by atoms with Gasteiger partial charge in [0.05, 0.1) is 0 Å². The molecule has 1 unspecified atom stereocenters. The third-order valence-corrected chi connectivity index (χ3v) is 1.23. The molecule has 66 valence electrons. The summed E-state index contributed by atoms with van der Waals surface area (Å²) < 4.78 is 9.35. The lowest BCUT2D eigenvalue weighted by atomic mass is 10.2. The SMILES string of the molecule is COC(CC(O)C(=O)O)OC. The van der Waals surface area contributed by atoms with Gasteiger partial charge in [0.1, 0.15) is 0 Å². The number of aliphatic carboxylic acids is 1. The van der Waals surface area contributed by atoms with E-state index in [4.69, 9.17) is 10.2 Å². The van der Waals surface area contributed by atoms with Crippen LogP contribution in [0.15, 0.2) is 0 Å². The summed E-state index contributed by atoms with van der Waals surface area (Å²) in [6.07, 6.45) is -2.16. The minimum absolute atomic E-state index is 0.0671. The van der Waals surface area contributed by atoms with Crippen LogP contribution in [0.1, 0.15) is 6.42 Å². The molecule has 0 rings (SSSR count). The Morgan fingerprint density at radius 3 is 2.18 bits per heavy atom. The lowest BCUT2D eigenvalue weighted by Crippen LogP contribution is -2.27. The Bertz CT molecular complexity index is 120. The van der Waals surface area contributed by atoms with Gasteiger partial charge in [0, 0.05) is 20.6 Å². The van der Waals surface area contributed by atoms with Gasteiger partial charge in [-0.15, -0.1) is 0 Å². The second-order valence-electron chi connectivity index (χ2n) is 1.99. The number of ether oxygens (including phenoxy) is 2. The van der Waals surface area contributed by atoms with Crippen molar-refractivity contribution in [3.8, 4) is 0 Å². The van der Waals surface area contributed by atoms with Crippen molar-refractivity contribution in [2.24, 2.45) is 0 Å². The Morgan fingerprint density at radius 2 is 1.91 bits per heavy atom. The Hall–Kier alpha value is -0.650. The molecule has 0 spiro atoms. The molecule has 0 aromatic heterocycles. The Kier molecular flexibility index (Phi) is 4.76. The first-order chi connectivity index (χ1) is 5.11. The largest absolute Gasteiger partial charge is 0.479 e. The van der Waals surface area contributed by atoms with Crippen LogP contribution in [0.2, 0.25) is 0 Å². The van der Waals surface area contributed by atoms with Crippen LogP contribution in [0, 0.1) is 0 Å². The van der Waals surface area contributed by atoms with Crippen LogP contribution in [-0.4, -0.2) is 42.8 Å². The summed E-state index contributed by atoms with van der Waals surface area (Å²) in [5.74, 6) is -1.27. The Morgan fingerprint density at radius 1 is 1.45 bits per heavy atom. The van der Waals surface area contributed by atoms with Gasteiger partial charge in [-0.25, -0.2) is 4.79 Å². The normalized spacial score (nSPS) is 13.5. The molecule has 0 aliphatic heterocycles. The molecule has 0 aromatic rings. The zero-order valence-electron chi connectivity index (χ0n) is 6.48. The molecule has 0 aliphatic carbocycles. The molecular formula is C6H12O5. The van der Waals surface area contributed by atoms with Crippen molar-refractivity contribution in [2.45, 2.75) is 18.8 Å². The Labute approximate surface area is 64.5 Å². The summed E-state index contributed by atoms with van der Waals surface area (Å²) in [7, 11) is 2.76. The third-order valence-electron chi connectivity index (χ3n) is 1.23. The average Bonchev–Trinajstić information content (AvgIpc) is 1.99. The van der Waals surface area contributed by atoms with Crippen molar-refractivity contribution >= 4 is 5.97 Å². The van der Waals surface area contributed by atoms with Crippen molar-refractivity contribution in [1.82, 2.24) is 0 Å². The molecule has 0 heterocycles. The van der Waals surface area contributed by atoms with Crippen LogP contribution in [-0.2, 0) is 14.3 Å². The molecule has 2 N–H and O–H groups in total. The van der Waals surface area contributed by atoms with E-state index < -0.39 is 18.4 Å². The van der Waals surface area contributed by atoms with Crippen LogP contribution in [0.25, 0.3) is 0 Å². The molecule has 0 amide bonds. The molecule has 0 saturated carbocycles. The number of carboxylic acid groups (broad SMARTS) is 1. The summed E-state index contributed by atoms with van der Waals surface area (Å²) in [5.41, 5.74) is 0. The molecule has 0 fully saturated rings. The third kappa shape index (κ3) is 3.92. The zero-order chi connectivity index (χ0) is 8.85. The predicted molar refractivity (Wildman–Crippen MR) is 36.1 cm³/mol. The second kappa shape index (κ2) is 5.06. The highest BCUT2D eigenvalue weighted by molar-refractivity contribution is 5.71.